The van der Waals surface area contributed by atoms with Crippen LogP contribution in [-0.4, -0.2) is 38.6 Å². The van der Waals surface area contributed by atoms with Crippen LogP contribution >= 0.6 is 11.3 Å². The second kappa shape index (κ2) is 7.05. The van der Waals surface area contributed by atoms with E-state index in [0.29, 0.717) is 12.0 Å². The SMILES string of the molecule is COc1ccc(Cc2cscc2C(O)=CC(=O)c2nn[nH]n2)cc1. The van der Waals surface area contributed by atoms with Crippen molar-refractivity contribution >= 4 is 22.9 Å². The van der Waals surface area contributed by atoms with E-state index >= 15 is 0 Å². The number of thiophene rings is 1. The summed E-state index contributed by atoms with van der Waals surface area (Å²) < 4.78 is 5.14. The highest BCUT2D eigenvalue weighted by molar-refractivity contribution is 7.08. The molecular formula is C16H14N4O3S. The molecule has 2 heterocycles. The van der Waals surface area contributed by atoms with Crippen LogP contribution in [0.15, 0.2) is 41.1 Å². The Hall–Kier alpha value is -3.00. The number of ether oxygens (including phenoxy) is 1. The largest absolute Gasteiger partial charge is 0.507 e. The minimum atomic E-state index is -0.511. The van der Waals surface area contributed by atoms with Crippen LogP contribution in [0.5, 0.6) is 5.75 Å². The molecule has 0 unspecified atom stereocenters. The Labute approximate surface area is 141 Å². The zero-order valence-corrected chi connectivity index (χ0v) is 13.6. The third-order valence-corrected chi connectivity index (χ3v) is 4.20. The second-order valence-corrected chi connectivity index (χ2v) is 5.71. The minimum Gasteiger partial charge on any atom is -0.507 e. The Balaban J connectivity index is 1.80. The van der Waals surface area contributed by atoms with Gasteiger partial charge in [0.2, 0.25) is 11.6 Å². The van der Waals surface area contributed by atoms with E-state index in [4.69, 9.17) is 4.74 Å². The highest BCUT2D eigenvalue weighted by atomic mass is 32.1. The normalized spacial score (nSPS) is 11.5. The molecule has 24 heavy (non-hydrogen) atoms. The number of aromatic amines is 1. The van der Waals surface area contributed by atoms with Gasteiger partial charge in [0.1, 0.15) is 11.5 Å². The van der Waals surface area contributed by atoms with Crippen molar-refractivity contribution in [3.05, 3.63) is 63.6 Å². The maximum Gasteiger partial charge on any atom is 0.244 e. The fraction of sp³-hybridized carbons (Fsp3) is 0.125. The number of nitrogens with one attached hydrogen (secondary N) is 1. The summed E-state index contributed by atoms with van der Waals surface area (Å²) in [4.78, 5) is 11.9. The van der Waals surface area contributed by atoms with Crippen LogP contribution < -0.4 is 4.74 Å². The number of rotatable bonds is 6. The fourth-order valence-corrected chi connectivity index (χ4v) is 3.03. The van der Waals surface area contributed by atoms with Crippen molar-refractivity contribution in [1.29, 1.82) is 0 Å². The van der Waals surface area contributed by atoms with Crippen molar-refractivity contribution < 1.29 is 14.6 Å². The van der Waals surface area contributed by atoms with Crippen LogP contribution in [0.1, 0.15) is 27.3 Å². The summed E-state index contributed by atoms with van der Waals surface area (Å²) in [5.41, 5.74) is 2.63. The fourth-order valence-electron chi connectivity index (χ4n) is 2.18. The molecule has 0 amide bonds. The van der Waals surface area contributed by atoms with Gasteiger partial charge in [-0.3, -0.25) is 4.79 Å². The van der Waals surface area contributed by atoms with E-state index in [0.717, 1.165) is 23.0 Å². The number of methoxy groups -OCH3 is 1. The molecule has 0 aliphatic carbocycles. The molecule has 0 aliphatic rings. The van der Waals surface area contributed by atoms with Gasteiger partial charge in [-0.2, -0.15) is 16.6 Å². The van der Waals surface area contributed by atoms with Gasteiger partial charge in [0.05, 0.1) is 7.11 Å². The molecule has 0 aliphatic heterocycles. The van der Waals surface area contributed by atoms with Gasteiger partial charge in [0.25, 0.3) is 0 Å². The van der Waals surface area contributed by atoms with Gasteiger partial charge in [0.15, 0.2) is 0 Å². The van der Waals surface area contributed by atoms with Crippen molar-refractivity contribution in [3.8, 4) is 5.75 Å². The summed E-state index contributed by atoms with van der Waals surface area (Å²) in [7, 11) is 1.62. The molecule has 0 bridgehead atoms. The zero-order valence-electron chi connectivity index (χ0n) is 12.8. The first-order valence-corrected chi connectivity index (χ1v) is 7.98. The van der Waals surface area contributed by atoms with Crippen LogP contribution in [0, 0.1) is 0 Å². The van der Waals surface area contributed by atoms with E-state index in [-0.39, 0.29) is 11.6 Å². The van der Waals surface area contributed by atoms with Gasteiger partial charge >= 0.3 is 0 Å². The van der Waals surface area contributed by atoms with E-state index in [1.54, 1.807) is 12.5 Å². The number of aliphatic hydroxyl groups is 1. The molecule has 0 spiro atoms. The second-order valence-electron chi connectivity index (χ2n) is 4.96. The lowest BCUT2D eigenvalue weighted by Crippen LogP contribution is -2.00. The molecule has 0 fully saturated rings. The van der Waals surface area contributed by atoms with Crippen LogP contribution in [0.2, 0.25) is 0 Å². The lowest BCUT2D eigenvalue weighted by molar-refractivity contribution is 0.103. The average molecular weight is 342 g/mol. The molecule has 0 saturated carbocycles. The van der Waals surface area contributed by atoms with Crippen LogP contribution in [-0.2, 0) is 6.42 Å². The maximum absolute atomic E-state index is 11.9. The topological polar surface area (TPSA) is 101 Å². The first-order chi connectivity index (χ1) is 11.7. The van der Waals surface area contributed by atoms with E-state index in [9.17, 15) is 9.90 Å². The number of carbonyl (C=O) groups is 1. The van der Waals surface area contributed by atoms with Gasteiger partial charge in [-0.15, -0.1) is 10.2 Å². The highest BCUT2D eigenvalue weighted by Crippen LogP contribution is 2.25. The number of hydrogen-bond donors (Lipinski definition) is 2. The summed E-state index contributed by atoms with van der Waals surface area (Å²) in [5.74, 6) is 0.0728. The average Bonchev–Trinajstić information content (AvgIpc) is 3.27. The standard InChI is InChI=1S/C16H14N4O3S/c1-23-12-4-2-10(3-5-12)6-11-8-24-9-13(11)14(21)7-15(22)16-17-19-20-18-16/h2-5,7-9,21H,6H2,1H3,(H,17,18,19,20). The number of hydrogen-bond acceptors (Lipinski definition) is 7. The Morgan fingerprint density at radius 3 is 2.79 bits per heavy atom. The van der Waals surface area contributed by atoms with Gasteiger partial charge in [-0.05, 0) is 40.3 Å². The van der Waals surface area contributed by atoms with Crippen LogP contribution in [0.3, 0.4) is 0 Å². The number of tetrazole rings is 1. The Morgan fingerprint density at radius 2 is 2.12 bits per heavy atom. The van der Waals surface area contributed by atoms with E-state index in [1.165, 1.54) is 11.3 Å². The molecule has 2 aromatic heterocycles. The predicted molar refractivity (Wildman–Crippen MR) is 89.2 cm³/mol. The third kappa shape index (κ3) is 3.49. The smallest absolute Gasteiger partial charge is 0.244 e. The number of H-pyrrole nitrogens is 1. The predicted octanol–water partition coefficient (Wildman–Crippen LogP) is 2.64. The van der Waals surface area contributed by atoms with E-state index in [1.807, 2.05) is 29.6 Å². The van der Waals surface area contributed by atoms with E-state index in [2.05, 4.69) is 20.6 Å². The van der Waals surface area contributed by atoms with Gasteiger partial charge < -0.3 is 9.84 Å². The molecular weight excluding hydrogens is 328 g/mol. The van der Waals surface area contributed by atoms with Crippen molar-refractivity contribution in [2.75, 3.05) is 7.11 Å². The molecule has 122 valence electrons. The Bertz CT molecular complexity index is 854. The molecule has 0 atom stereocenters. The molecule has 2 N–H and O–H groups in total. The Morgan fingerprint density at radius 1 is 1.33 bits per heavy atom. The lowest BCUT2D eigenvalue weighted by atomic mass is 10.0. The number of aromatic nitrogens is 4. The number of benzene rings is 1. The number of carbonyl (C=O) groups excluding carboxylic acids is 1. The van der Waals surface area contributed by atoms with E-state index < -0.39 is 5.78 Å². The van der Waals surface area contributed by atoms with Crippen LogP contribution in [0.4, 0.5) is 0 Å². The van der Waals surface area contributed by atoms with Gasteiger partial charge in [-0.1, -0.05) is 12.1 Å². The maximum atomic E-state index is 11.9. The number of nitrogens with zero attached hydrogens (tertiary/aromatic N) is 3. The van der Waals surface area contributed by atoms with Crippen molar-refractivity contribution in [2.24, 2.45) is 0 Å². The quantitative estimate of drug-likeness (QED) is 0.406. The highest BCUT2D eigenvalue weighted by Gasteiger charge is 2.14. The Kier molecular flexibility index (Phi) is 4.66. The lowest BCUT2D eigenvalue weighted by Gasteiger charge is -2.05. The molecule has 7 nitrogen and oxygen atoms in total. The summed E-state index contributed by atoms with van der Waals surface area (Å²) in [5, 5.41) is 26.7. The summed E-state index contributed by atoms with van der Waals surface area (Å²) in [6, 6.07) is 7.70. The third-order valence-electron chi connectivity index (χ3n) is 3.41. The molecule has 0 radical (unpaired) electrons. The first kappa shape index (κ1) is 15.9. The van der Waals surface area contributed by atoms with Crippen molar-refractivity contribution in [2.45, 2.75) is 6.42 Å². The number of ketones is 1. The van der Waals surface area contributed by atoms with Crippen LogP contribution in [0.25, 0.3) is 5.76 Å². The first-order valence-electron chi connectivity index (χ1n) is 7.04. The summed E-state index contributed by atoms with van der Waals surface area (Å²) in [6.07, 6.45) is 1.74. The zero-order chi connectivity index (χ0) is 16.9. The van der Waals surface area contributed by atoms with Crippen molar-refractivity contribution in [1.82, 2.24) is 20.6 Å². The molecule has 8 heteroatoms. The van der Waals surface area contributed by atoms with Gasteiger partial charge in [0, 0.05) is 17.0 Å². The monoisotopic (exact) mass is 342 g/mol. The minimum absolute atomic E-state index is 0.0894. The molecule has 0 saturated heterocycles. The molecule has 3 aromatic rings. The molecule has 3 rings (SSSR count). The van der Waals surface area contributed by atoms with Crippen molar-refractivity contribution in [3.63, 3.8) is 0 Å². The van der Waals surface area contributed by atoms with Gasteiger partial charge in [-0.25, -0.2) is 0 Å². The molecule has 1 aromatic carbocycles. The summed E-state index contributed by atoms with van der Waals surface area (Å²) in [6.45, 7) is 0. The summed E-state index contributed by atoms with van der Waals surface area (Å²) >= 11 is 1.46. The number of aliphatic hydroxyl groups excluding tert-OH is 1. The number of allylic oxidation sites excluding steroid dienone is 1.